The van der Waals surface area contributed by atoms with E-state index in [4.69, 9.17) is 0 Å². The van der Waals surface area contributed by atoms with Gasteiger partial charge in [0.25, 0.3) is 0 Å². The molecule has 0 bridgehead atoms. The average Bonchev–Trinajstić information content (AvgIpc) is 2.24. The third-order valence-corrected chi connectivity index (χ3v) is 3.61. The monoisotopic (exact) mass is 265 g/mol. The Kier molecular flexibility index (Phi) is 8.28. The molecular weight excluding hydrogens is 249 g/mol. The van der Waals surface area contributed by atoms with Gasteiger partial charge in [0, 0.05) is 11.8 Å². The Labute approximate surface area is 125 Å². The second-order valence-corrected chi connectivity index (χ2v) is 5.54. The van der Waals surface area contributed by atoms with Crippen LogP contribution in [-0.2, 0) is 16.7 Å². The molecule has 0 aliphatic heterocycles. The van der Waals surface area contributed by atoms with Crippen LogP contribution in [0.2, 0.25) is 0 Å². The predicted molar refractivity (Wildman–Crippen MR) is 61.9 cm³/mol. The second-order valence-electron chi connectivity index (χ2n) is 3.75. The first kappa shape index (κ1) is 17.1. The fourth-order valence-corrected chi connectivity index (χ4v) is 1.68. The van der Waals surface area contributed by atoms with Crippen LogP contribution < -0.4 is 34.9 Å². The maximum atomic E-state index is 10.6. The Bertz CT molecular complexity index is 408. The SMILES string of the molecule is CC(CCNCc1ccccc1)S(=O)(=O)[O-].[Na+]. The summed E-state index contributed by atoms with van der Waals surface area (Å²) in [6, 6.07) is 9.81. The van der Waals surface area contributed by atoms with Crippen LogP contribution in [0.1, 0.15) is 18.9 Å². The molecule has 17 heavy (non-hydrogen) atoms. The van der Waals surface area contributed by atoms with Crippen molar-refractivity contribution in [3.63, 3.8) is 0 Å². The quantitative estimate of drug-likeness (QED) is 0.371. The van der Waals surface area contributed by atoms with E-state index in [2.05, 4.69) is 5.32 Å². The van der Waals surface area contributed by atoms with Crippen molar-refractivity contribution in [2.45, 2.75) is 25.1 Å². The summed E-state index contributed by atoms with van der Waals surface area (Å²) in [6.07, 6.45) is 0.346. The zero-order valence-corrected chi connectivity index (χ0v) is 13.0. The van der Waals surface area contributed by atoms with Gasteiger partial charge in [0.2, 0.25) is 0 Å². The summed E-state index contributed by atoms with van der Waals surface area (Å²) < 4.78 is 31.8. The maximum Gasteiger partial charge on any atom is 1.00 e. The predicted octanol–water partition coefficient (Wildman–Crippen LogP) is -1.90. The first-order chi connectivity index (χ1) is 7.50. The van der Waals surface area contributed by atoms with Gasteiger partial charge in [-0.1, -0.05) is 30.3 Å². The maximum absolute atomic E-state index is 10.6. The van der Waals surface area contributed by atoms with Gasteiger partial charge in [0.05, 0.1) is 10.1 Å². The molecule has 0 amide bonds. The molecule has 0 radical (unpaired) electrons. The van der Waals surface area contributed by atoms with E-state index in [0.717, 1.165) is 5.56 Å². The molecule has 0 saturated carbocycles. The zero-order valence-electron chi connectivity index (χ0n) is 10.2. The van der Waals surface area contributed by atoms with E-state index < -0.39 is 15.4 Å². The Balaban J connectivity index is 0.00000256. The largest absolute Gasteiger partial charge is 1.00 e. The Hall–Kier alpha value is 0.0900. The van der Waals surface area contributed by atoms with Crippen LogP contribution in [0.3, 0.4) is 0 Å². The third kappa shape index (κ3) is 7.18. The van der Waals surface area contributed by atoms with E-state index in [0.29, 0.717) is 19.5 Å². The van der Waals surface area contributed by atoms with Crippen LogP contribution >= 0.6 is 0 Å². The summed E-state index contributed by atoms with van der Waals surface area (Å²) >= 11 is 0. The first-order valence-electron chi connectivity index (χ1n) is 5.19. The second kappa shape index (κ2) is 8.24. The van der Waals surface area contributed by atoms with Crippen LogP contribution in [0, 0.1) is 0 Å². The molecule has 1 unspecified atom stereocenters. The van der Waals surface area contributed by atoms with Crippen molar-refractivity contribution in [3.05, 3.63) is 35.9 Å². The van der Waals surface area contributed by atoms with Crippen molar-refractivity contribution < 1.29 is 42.5 Å². The molecule has 1 atom stereocenters. The Morgan fingerprint density at radius 2 is 1.88 bits per heavy atom. The van der Waals surface area contributed by atoms with E-state index in [9.17, 15) is 13.0 Å². The van der Waals surface area contributed by atoms with E-state index >= 15 is 0 Å². The van der Waals surface area contributed by atoms with Crippen molar-refractivity contribution in [1.29, 1.82) is 0 Å². The van der Waals surface area contributed by atoms with E-state index in [1.807, 2.05) is 30.3 Å². The van der Waals surface area contributed by atoms with Crippen LogP contribution in [-0.4, -0.2) is 24.8 Å². The van der Waals surface area contributed by atoms with Crippen molar-refractivity contribution >= 4 is 10.1 Å². The number of nitrogens with one attached hydrogen (secondary N) is 1. The molecule has 1 rings (SSSR count). The molecular formula is C11H16NNaO3S. The van der Waals surface area contributed by atoms with Gasteiger partial charge in [0.1, 0.15) is 0 Å². The standard InChI is InChI=1S/C11H17NO3S.Na/c1-10(16(13,14)15)7-8-12-9-11-5-3-2-4-6-11;/h2-6,10,12H,7-9H2,1H3,(H,13,14,15);/q;+1/p-1. The van der Waals surface area contributed by atoms with Gasteiger partial charge in [-0.25, -0.2) is 8.42 Å². The van der Waals surface area contributed by atoms with E-state index in [1.165, 1.54) is 6.92 Å². The molecule has 6 heteroatoms. The number of hydrogen-bond acceptors (Lipinski definition) is 4. The summed E-state index contributed by atoms with van der Waals surface area (Å²) in [4.78, 5) is 0. The molecule has 0 spiro atoms. The molecule has 0 saturated heterocycles. The number of rotatable bonds is 6. The molecule has 4 nitrogen and oxygen atoms in total. The molecule has 0 aliphatic carbocycles. The zero-order chi connectivity index (χ0) is 12.0. The topological polar surface area (TPSA) is 69.2 Å². The van der Waals surface area contributed by atoms with E-state index in [1.54, 1.807) is 0 Å². The first-order valence-corrected chi connectivity index (χ1v) is 6.66. The van der Waals surface area contributed by atoms with Crippen molar-refractivity contribution in [1.82, 2.24) is 5.32 Å². The summed E-state index contributed by atoms with van der Waals surface area (Å²) in [7, 11) is -4.14. The summed E-state index contributed by atoms with van der Waals surface area (Å²) in [5.41, 5.74) is 1.14. The van der Waals surface area contributed by atoms with Gasteiger partial charge in [-0.3, -0.25) is 0 Å². The van der Waals surface area contributed by atoms with Crippen LogP contribution in [0.25, 0.3) is 0 Å². The fourth-order valence-electron chi connectivity index (χ4n) is 1.28. The molecule has 0 fully saturated rings. The average molecular weight is 265 g/mol. The van der Waals surface area contributed by atoms with Crippen LogP contribution in [0.15, 0.2) is 30.3 Å². The number of hydrogen-bond donors (Lipinski definition) is 1. The van der Waals surface area contributed by atoms with Gasteiger partial charge in [-0.15, -0.1) is 0 Å². The smallest absolute Gasteiger partial charge is 0.748 e. The summed E-state index contributed by atoms with van der Waals surface area (Å²) in [5.74, 6) is 0. The van der Waals surface area contributed by atoms with Crippen molar-refractivity contribution in [2.24, 2.45) is 0 Å². The minimum absolute atomic E-state index is 0. The van der Waals surface area contributed by atoms with Gasteiger partial charge < -0.3 is 9.87 Å². The van der Waals surface area contributed by atoms with Gasteiger partial charge in [-0.2, -0.15) is 0 Å². The fraction of sp³-hybridized carbons (Fsp3) is 0.455. The minimum atomic E-state index is -4.14. The van der Waals surface area contributed by atoms with Crippen molar-refractivity contribution in [3.8, 4) is 0 Å². The van der Waals surface area contributed by atoms with Gasteiger partial charge in [0.15, 0.2) is 0 Å². The number of benzene rings is 1. The van der Waals surface area contributed by atoms with E-state index in [-0.39, 0.29) is 29.6 Å². The molecule has 90 valence electrons. The Morgan fingerprint density at radius 3 is 2.41 bits per heavy atom. The minimum Gasteiger partial charge on any atom is -0.748 e. The molecule has 0 heterocycles. The molecule has 1 aromatic carbocycles. The van der Waals surface area contributed by atoms with Crippen LogP contribution in [0.5, 0.6) is 0 Å². The third-order valence-electron chi connectivity index (χ3n) is 2.39. The molecule has 1 N–H and O–H groups in total. The molecule has 1 aromatic rings. The summed E-state index contributed by atoms with van der Waals surface area (Å²) in [6.45, 7) is 2.65. The summed E-state index contributed by atoms with van der Waals surface area (Å²) in [5, 5.41) is 2.28. The van der Waals surface area contributed by atoms with Crippen LogP contribution in [0.4, 0.5) is 0 Å². The van der Waals surface area contributed by atoms with Crippen molar-refractivity contribution in [2.75, 3.05) is 6.54 Å². The molecule has 0 aromatic heterocycles. The van der Waals surface area contributed by atoms with Gasteiger partial charge >= 0.3 is 29.6 Å². The normalized spacial score (nSPS) is 12.8. The molecule has 0 aliphatic rings. The Morgan fingerprint density at radius 1 is 1.29 bits per heavy atom. The van der Waals surface area contributed by atoms with Gasteiger partial charge in [-0.05, 0) is 25.5 Å².